The molecule has 0 aromatic rings. The number of allylic oxidation sites excluding steroid dienone is 1. The van der Waals surface area contributed by atoms with Crippen molar-refractivity contribution < 1.29 is 14.7 Å². The van der Waals surface area contributed by atoms with Crippen molar-refractivity contribution in [1.29, 1.82) is 0 Å². The van der Waals surface area contributed by atoms with Gasteiger partial charge in [-0.05, 0) is 112 Å². The van der Waals surface area contributed by atoms with Gasteiger partial charge in [0.1, 0.15) is 0 Å². The molecule has 0 saturated heterocycles. The minimum Gasteiger partial charge on any atom is -0.481 e. The van der Waals surface area contributed by atoms with Crippen LogP contribution in [0.15, 0.2) is 11.6 Å². The van der Waals surface area contributed by atoms with Crippen LogP contribution in [0, 0.1) is 40.4 Å². The summed E-state index contributed by atoms with van der Waals surface area (Å²) in [5, 5.41) is 12.3. The van der Waals surface area contributed by atoms with E-state index in [-0.39, 0.29) is 23.1 Å². The first-order valence-electron chi connectivity index (χ1n) is 15.2. The van der Waals surface area contributed by atoms with Crippen molar-refractivity contribution in [3.8, 4) is 0 Å². The number of rotatable bonds is 9. The molecule has 210 valence electrons. The van der Waals surface area contributed by atoms with Gasteiger partial charge in [0.05, 0.1) is 6.42 Å². The summed E-state index contributed by atoms with van der Waals surface area (Å²) in [6.45, 7) is 13.6. The summed E-state index contributed by atoms with van der Waals surface area (Å²) in [5.41, 5.74) is 2.43. The molecule has 0 aromatic heterocycles. The molecule has 7 unspecified atom stereocenters. The van der Waals surface area contributed by atoms with Crippen molar-refractivity contribution in [1.82, 2.24) is 5.32 Å². The largest absolute Gasteiger partial charge is 0.481 e. The van der Waals surface area contributed by atoms with Crippen LogP contribution in [0.5, 0.6) is 0 Å². The van der Waals surface area contributed by atoms with Gasteiger partial charge < -0.3 is 10.4 Å². The van der Waals surface area contributed by atoms with E-state index < -0.39 is 10.7 Å². The van der Waals surface area contributed by atoms with Crippen LogP contribution in [-0.4, -0.2) is 27.1 Å². The molecule has 4 rings (SSSR count). The zero-order chi connectivity index (χ0) is 27.0. The van der Waals surface area contributed by atoms with Gasteiger partial charge in [-0.3, -0.25) is 9.59 Å². The molecule has 0 aliphatic heterocycles. The first-order chi connectivity index (χ1) is 17.3. The predicted octanol–water partition coefficient (Wildman–Crippen LogP) is 8.85. The Labute approximate surface area is 230 Å². The normalized spacial score (nSPS) is 37.4. The average Bonchev–Trinajstić information content (AvgIpc) is 3.11. The molecular formula is C32H53NO3S. The molecule has 4 aliphatic rings. The number of carboxylic acid groups (broad SMARTS) is 1. The smallest absolute Gasteiger partial charge is 0.304 e. The summed E-state index contributed by atoms with van der Waals surface area (Å²) in [5.74, 6) is 3.43. The fraction of sp³-hybridized carbons (Fsp3) is 0.875. The number of amides is 1. The molecule has 7 atom stereocenters. The number of hydrogen-bond donors (Lipinski definition) is 2. The Balaban J connectivity index is 1.36. The van der Waals surface area contributed by atoms with E-state index >= 15 is 0 Å². The van der Waals surface area contributed by atoms with Gasteiger partial charge >= 0.3 is 5.97 Å². The molecule has 5 heteroatoms. The molecule has 2 N–H and O–H groups in total. The summed E-state index contributed by atoms with van der Waals surface area (Å²) in [4.78, 5) is 23.9. The number of carbonyl (C=O) groups is 2. The Morgan fingerprint density at radius 1 is 1.11 bits per heavy atom. The lowest BCUT2D eigenvalue weighted by atomic mass is 9.47. The van der Waals surface area contributed by atoms with Gasteiger partial charge in [0.15, 0.2) is 0 Å². The second-order valence-corrected chi connectivity index (χ2v) is 16.2. The number of aliphatic carboxylic acids is 1. The van der Waals surface area contributed by atoms with Crippen molar-refractivity contribution in [3.05, 3.63) is 11.6 Å². The molecule has 0 heterocycles. The fourth-order valence-corrected chi connectivity index (χ4v) is 10.1. The highest BCUT2D eigenvalue weighted by Crippen LogP contribution is 2.66. The first-order valence-corrected chi connectivity index (χ1v) is 16.1. The van der Waals surface area contributed by atoms with Crippen LogP contribution in [0.2, 0.25) is 0 Å². The summed E-state index contributed by atoms with van der Waals surface area (Å²) < 4.78 is -0.598. The van der Waals surface area contributed by atoms with Crippen LogP contribution >= 0.6 is 11.8 Å². The molecule has 0 aromatic carbocycles. The summed E-state index contributed by atoms with van der Waals surface area (Å²) in [6.07, 6.45) is 18.3. The van der Waals surface area contributed by atoms with Crippen LogP contribution in [-0.2, 0) is 4.79 Å². The third-order valence-corrected chi connectivity index (χ3v) is 12.2. The molecule has 3 fully saturated rings. The van der Waals surface area contributed by atoms with E-state index in [2.05, 4.69) is 39.1 Å². The minimum absolute atomic E-state index is 0.0130. The third kappa shape index (κ3) is 6.28. The van der Waals surface area contributed by atoms with E-state index in [0.29, 0.717) is 5.41 Å². The number of fused-ring (bicyclic) bond motifs is 5. The van der Waals surface area contributed by atoms with Crippen LogP contribution in [0.25, 0.3) is 0 Å². The number of nitrogens with one attached hydrogen (secondary N) is 1. The highest BCUT2D eigenvalue weighted by molar-refractivity contribution is 8.14. The number of thioether (sulfide) groups is 1. The second-order valence-electron chi connectivity index (χ2n) is 14.6. The van der Waals surface area contributed by atoms with Gasteiger partial charge in [-0.15, -0.1) is 0 Å². The third-order valence-electron chi connectivity index (χ3n) is 11.2. The fourth-order valence-electron chi connectivity index (χ4n) is 9.16. The maximum atomic E-state index is 12.7. The summed E-state index contributed by atoms with van der Waals surface area (Å²) in [6, 6.07) is 0.173. The lowest BCUT2D eigenvalue weighted by Gasteiger charge is -2.58. The van der Waals surface area contributed by atoms with Crippen LogP contribution in [0.1, 0.15) is 125 Å². The molecule has 0 radical (unpaired) electrons. The van der Waals surface area contributed by atoms with E-state index in [9.17, 15) is 9.59 Å². The summed E-state index contributed by atoms with van der Waals surface area (Å²) in [7, 11) is 0. The number of unbranched alkanes of at least 4 members (excludes halogenated alkanes) is 1. The highest BCUT2D eigenvalue weighted by atomic mass is 32.2. The van der Waals surface area contributed by atoms with E-state index in [1.165, 1.54) is 57.8 Å². The van der Waals surface area contributed by atoms with Crippen molar-refractivity contribution >= 4 is 23.0 Å². The number of hydrogen-bond acceptors (Lipinski definition) is 3. The quantitative estimate of drug-likeness (QED) is 0.230. The van der Waals surface area contributed by atoms with Crippen molar-refractivity contribution in [2.45, 2.75) is 136 Å². The summed E-state index contributed by atoms with van der Waals surface area (Å²) >= 11 is 1.14. The van der Waals surface area contributed by atoms with E-state index in [1.807, 2.05) is 13.8 Å². The monoisotopic (exact) mass is 531 g/mol. The standard InChI is InChI=1S/C32H53NO3S/c1-21(2)9-7-8-10-22-12-14-26-25-13-11-23-19-24(33-29(36)37-30(3,4)20-28(34)35)15-17-32(23,6)27(25)16-18-31(22,26)5/h11,21-22,24-27H,7-10,12-20H2,1-6H3,(H,33,36)(H,34,35). The zero-order valence-corrected chi connectivity index (χ0v) is 25.2. The lowest BCUT2D eigenvalue weighted by molar-refractivity contribution is -0.137. The van der Waals surface area contributed by atoms with E-state index in [0.717, 1.165) is 60.6 Å². The van der Waals surface area contributed by atoms with E-state index in [4.69, 9.17) is 5.11 Å². The molecular weight excluding hydrogens is 478 g/mol. The number of carboxylic acids is 1. The predicted molar refractivity (Wildman–Crippen MR) is 155 cm³/mol. The van der Waals surface area contributed by atoms with Gasteiger partial charge in [0.25, 0.3) is 5.24 Å². The molecule has 4 nitrogen and oxygen atoms in total. The highest BCUT2D eigenvalue weighted by Gasteiger charge is 2.58. The Morgan fingerprint density at radius 2 is 1.86 bits per heavy atom. The average molecular weight is 532 g/mol. The van der Waals surface area contributed by atoms with Crippen molar-refractivity contribution in [2.75, 3.05) is 0 Å². The Kier molecular flexibility index (Phi) is 8.83. The van der Waals surface area contributed by atoms with Gasteiger partial charge in [-0.1, -0.05) is 70.4 Å². The Morgan fingerprint density at radius 3 is 2.57 bits per heavy atom. The molecule has 1 amide bonds. The molecule has 4 aliphatic carbocycles. The van der Waals surface area contributed by atoms with Crippen LogP contribution in [0.3, 0.4) is 0 Å². The van der Waals surface area contributed by atoms with E-state index in [1.54, 1.807) is 5.57 Å². The SMILES string of the molecule is CC(C)CCCCC1CCC2C3CC=C4CC(NC(=O)SC(C)(C)CC(=O)O)CCC4(C)C3CCC12C. The topological polar surface area (TPSA) is 66.4 Å². The van der Waals surface area contributed by atoms with Crippen molar-refractivity contribution in [3.63, 3.8) is 0 Å². The zero-order valence-electron chi connectivity index (χ0n) is 24.4. The molecule has 37 heavy (non-hydrogen) atoms. The minimum atomic E-state index is -0.857. The molecule has 0 spiro atoms. The van der Waals surface area contributed by atoms with Gasteiger partial charge in [0.2, 0.25) is 0 Å². The Bertz CT molecular complexity index is 881. The first kappa shape index (κ1) is 29.0. The van der Waals surface area contributed by atoms with Gasteiger partial charge in [0, 0.05) is 10.8 Å². The van der Waals surface area contributed by atoms with Crippen LogP contribution in [0.4, 0.5) is 4.79 Å². The maximum Gasteiger partial charge on any atom is 0.304 e. The lowest BCUT2D eigenvalue weighted by Crippen LogP contribution is -2.51. The maximum absolute atomic E-state index is 12.7. The van der Waals surface area contributed by atoms with Crippen molar-refractivity contribution in [2.24, 2.45) is 40.4 Å². The van der Waals surface area contributed by atoms with Crippen LogP contribution < -0.4 is 5.32 Å². The molecule has 3 saturated carbocycles. The second kappa shape index (κ2) is 11.3. The Hall–Kier alpha value is -0.970. The number of carbonyl (C=O) groups excluding carboxylic acids is 1. The van der Waals surface area contributed by atoms with Gasteiger partial charge in [-0.2, -0.15) is 0 Å². The molecule has 0 bridgehead atoms. The van der Waals surface area contributed by atoms with Gasteiger partial charge in [-0.25, -0.2) is 0 Å².